The third-order valence-electron chi connectivity index (χ3n) is 5.39. The maximum absolute atomic E-state index is 13.2. The predicted octanol–water partition coefficient (Wildman–Crippen LogP) is 5.88. The first-order chi connectivity index (χ1) is 18.9. The lowest BCUT2D eigenvalue weighted by atomic mass is 10.1. The van der Waals surface area contributed by atoms with E-state index in [0.717, 1.165) is 23.1 Å². The van der Waals surface area contributed by atoms with E-state index in [1.54, 1.807) is 0 Å². The van der Waals surface area contributed by atoms with E-state index >= 15 is 0 Å². The van der Waals surface area contributed by atoms with E-state index in [1.165, 1.54) is 43.5 Å². The zero-order valence-electron chi connectivity index (χ0n) is 19.8. The summed E-state index contributed by atoms with van der Waals surface area (Å²) in [6.45, 7) is 0. The molecule has 1 fully saturated rings. The number of ether oxygens (including phenoxy) is 2. The first-order valence-corrected chi connectivity index (χ1v) is 12.6. The summed E-state index contributed by atoms with van der Waals surface area (Å²) in [5, 5.41) is 24.9. The van der Waals surface area contributed by atoms with Crippen molar-refractivity contribution in [3.8, 4) is 17.2 Å². The molecule has 0 aromatic heterocycles. The predicted molar refractivity (Wildman–Crippen MR) is 151 cm³/mol. The number of nitrogens with zero attached hydrogens (tertiary/aromatic N) is 3. The van der Waals surface area contributed by atoms with Crippen LogP contribution in [-0.4, -0.2) is 34.8 Å². The third-order valence-corrected chi connectivity index (χ3v) is 6.93. The number of benzene rings is 3. The normalized spacial score (nSPS) is 14.2. The highest BCUT2D eigenvalue weighted by molar-refractivity contribution is 14.1. The molecule has 0 atom stereocenters. The van der Waals surface area contributed by atoms with E-state index < -0.39 is 39.1 Å². The van der Waals surface area contributed by atoms with Crippen LogP contribution in [0, 0.1) is 23.8 Å². The number of imide groups is 2. The minimum Gasteiger partial charge on any atom is -0.493 e. The van der Waals surface area contributed by atoms with Crippen LogP contribution in [-0.2, 0) is 9.59 Å². The molecular formula is C24H13Cl2IN4O9. The van der Waals surface area contributed by atoms with Gasteiger partial charge in [-0.1, -0.05) is 23.2 Å². The van der Waals surface area contributed by atoms with E-state index in [4.69, 9.17) is 32.7 Å². The average Bonchev–Trinajstić information content (AvgIpc) is 2.89. The average molecular weight is 699 g/mol. The van der Waals surface area contributed by atoms with Crippen LogP contribution in [0.15, 0.2) is 54.1 Å². The highest BCUT2D eigenvalue weighted by Crippen LogP contribution is 2.41. The largest absolute Gasteiger partial charge is 0.493 e. The van der Waals surface area contributed by atoms with Crippen LogP contribution in [0.3, 0.4) is 0 Å². The van der Waals surface area contributed by atoms with E-state index in [-0.39, 0.29) is 44.1 Å². The minimum atomic E-state index is -0.980. The molecular weight excluding hydrogens is 686 g/mol. The van der Waals surface area contributed by atoms with Crippen molar-refractivity contribution in [3.05, 3.63) is 93.5 Å². The second kappa shape index (κ2) is 11.4. The number of non-ortho nitro benzene ring substituents is 1. The summed E-state index contributed by atoms with van der Waals surface area (Å²) in [7, 11) is 1.29. The number of methoxy groups -OCH3 is 1. The first kappa shape index (κ1) is 28.7. The van der Waals surface area contributed by atoms with E-state index in [1.807, 2.05) is 22.6 Å². The Bertz CT molecular complexity index is 1660. The van der Waals surface area contributed by atoms with Gasteiger partial charge in [0, 0.05) is 6.07 Å². The monoisotopic (exact) mass is 698 g/mol. The van der Waals surface area contributed by atoms with Gasteiger partial charge >= 0.3 is 11.7 Å². The summed E-state index contributed by atoms with van der Waals surface area (Å²) < 4.78 is 11.4. The Morgan fingerprint density at radius 1 is 0.950 bits per heavy atom. The highest BCUT2D eigenvalue weighted by atomic mass is 127. The van der Waals surface area contributed by atoms with Crippen molar-refractivity contribution in [2.75, 3.05) is 12.0 Å². The summed E-state index contributed by atoms with van der Waals surface area (Å²) in [6.07, 6.45) is 1.22. The number of barbiturate groups is 1. The lowest BCUT2D eigenvalue weighted by molar-refractivity contribution is -0.394. The lowest BCUT2D eigenvalue weighted by Gasteiger charge is -2.26. The topological polar surface area (TPSA) is 171 Å². The van der Waals surface area contributed by atoms with Gasteiger partial charge in [-0.3, -0.25) is 35.1 Å². The standard InChI is InChI=1S/C24H13Cl2IN4O9/c1-39-20-8-11(7-17(27)21(20)40-19-5-3-13(30(35)36)10-18(19)31(37)38)6-14-22(32)28-24(34)29(23(14)33)12-2-4-15(25)16(26)9-12/h2-10H,1H3,(H,28,32,34)/b14-6+. The Labute approximate surface area is 247 Å². The smallest absolute Gasteiger partial charge is 0.335 e. The number of nitro benzene ring substituents is 2. The molecule has 0 radical (unpaired) electrons. The van der Waals surface area contributed by atoms with Crippen molar-refractivity contribution in [3.63, 3.8) is 0 Å². The molecule has 1 aliphatic heterocycles. The van der Waals surface area contributed by atoms with Gasteiger partial charge in [0.15, 0.2) is 11.5 Å². The molecule has 1 heterocycles. The van der Waals surface area contributed by atoms with Crippen LogP contribution >= 0.6 is 45.8 Å². The number of urea groups is 1. The molecule has 0 bridgehead atoms. The summed E-state index contributed by atoms with van der Waals surface area (Å²) in [5.41, 5.74) is -1.16. The number of amides is 4. The van der Waals surface area contributed by atoms with Crippen molar-refractivity contribution >= 4 is 86.8 Å². The number of rotatable bonds is 7. The van der Waals surface area contributed by atoms with Crippen LogP contribution in [0.1, 0.15) is 5.56 Å². The summed E-state index contributed by atoms with van der Waals surface area (Å²) >= 11 is 13.8. The second-order valence-corrected chi connectivity index (χ2v) is 9.84. The molecule has 1 saturated heterocycles. The molecule has 1 aliphatic rings. The van der Waals surface area contributed by atoms with Gasteiger partial charge in [0.05, 0.1) is 42.3 Å². The fraction of sp³-hybridized carbons (Fsp3) is 0.0417. The van der Waals surface area contributed by atoms with E-state index in [0.29, 0.717) is 3.57 Å². The number of carbonyl (C=O) groups is 3. The van der Waals surface area contributed by atoms with Gasteiger partial charge in [0.1, 0.15) is 5.57 Å². The van der Waals surface area contributed by atoms with Crippen molar-refractivity contribution < 1.29 is 33.7 Å². The maximum atomic E-state index is 13.2. The molecule has 0 saturated carbocycles. The molecule has 0 spiro atoms. The highest BCUT2D eigenvalue weighted by Gasteiger charge is 2.37. The molecule has 1 N–H and O–H groups in total. The molecule has 0 aliphatic carbocycles. The van der Waals surface area contributed by atoms with Crippen LogP contribution < -0.4 is 19.7 Å². The molecule has 4 amide bonds. The summed E-state index contributed by atoms with van der Waals surface area (Å²) in [5.74, 6) is -2.05. The van der Waals surface area contributed by atoms with Crippen molar-refractivity contribution in [2.45, 2.75) is 0 Å². The molecule has 204 valence electrons. The Hall–Kier alpha value is -4.28. The van der Waals surface area contributed by atoms with E-state index in [9.17, 15) is 34.6 Å². The Balaban J connectivity index is 1.72. The van der Waals surface area contributed by atoms with Gasteiger partial charge in [-0.25, -0.2) is 9.69 Å². The maximum Gasteiger partial charge on any atom is 0.335 e. The van der Waals surface area contributed by atoms with Crippen LogP contribution in [0.2, 0.25) is 10.0 Å². The van der Waals surface area contributed by atoms with Gasteiger partial charge in [-0.05, 0) is 70.6 Å². The second-order valence-electron chi connectivity index (χ2n) is 7.86. The van der Waals surface area contributed by atoms with Crippen LogP contribution in [0.25, 0.3) is 6.08 Å². The van der Waals surface area contributed by atoms with Gasteiger partial charge in [-0.2, -0.15) is 0 Å². The number of nitro groups is 2. The number of halogens is 3. The molecule has 3 aromatic carbocycles. The van der Waals surface area contributed by atoms with Gasteiger partial charge in [-0.15, -0.1) is 0 Å². The molecule has 16 heteroatoms. The Morgan fingerprint density at radius 2 is 1.68 bits per heavy atom. The van der Waals surface area contributed by atoms with Gasteiger partial charge < -0.3 is 9.47 Å². The molecule has 40 heavy (non-hydrogen) atoms. The van der Waals surface area contributed by atoms with Crippen LogP contribution in [0.4, 0.5) is 21.9 Å². The molecule has 13 nitrogen and oxygen atoms in total. The zero-order valence-corrected chi connectivity index (χ0v) is 23.5. The van der Waals surface area contributed by atoms with Gasteiger partial charge in [0.2, 0.25) is 5.75 Å². The molecule has 0 unspecified atom stereocenters. The summed E-state index contributed by atoms with van der Waals surface area (Å²) in [6, 6.07) is 8.87. The zero-order chi connectivity index (χ0) is 29.3. The number of hydrogen-bond acceptors (Lipinski definition) is 9. The minimum absolute atomic E-state index is 0.0363. The van der Waals surface area contributed by atoms with Gasteiger partial charge in [0.25, 0.3) is 17.5 Å². The fourth-order valence-corrected chi connectivity index (χ4v) is 4.59. The van der Waals surface area contributed by atoms with E-state index in [2.05, 4.69) is 5.32 Å². The molecule has 3 aromatic rings. The SMILES string of the molecule is COc1cc(/C=C2\C(=O)NC(=O)N(c3ccc(Cl)c(Cl)c3)C2=O)cc(I)c1Oc1ccc([N+](=O)[O-])cc1[N+](=O)[O-]. The quantitative estimate of drug-likeness (QED) is 0.104. The Morgan fingerprint density at radius 3 is 2.30 bits per heavy atom. The third kappa shape index (κ3) is 5.68. The van der Waals surface area contributed by atoms with Crippen molar-refractivity contribution in [1.29, 1.82) is 0 Å². The Kier molecular flexibility index (Phi) is 8.22. The number of hydrogen-bond donors (Lipinski definition) is 1. The van der Waals surface area contributed by atoms with Crippen molar-refractivity contribution in [2.24, 2.45) is 0 Å². The van der Waals surface area contributed by atoms with Crippen LogP contribution in [0.5, 0.6) is 17.2 Å². The first-order valence-electron chi connectivity index (χ1n) is 10.8. The fourth-order valence-electron chi connectivity index (χ4n) is 3.56. The summed E-state index contributed by atoms with van der Waals surface area (Å²) in [4.78, 5) is 59.9. The molecule has 4 rings (SSSR count). The number of anilines is 1. The number of carbonyl (C=O) groups excluding carboxylic acids is 3. The van der Waals surface area contributed by atoms with Crippen molar-refractivity contribution in [1.82, 2.24) is 5.32 Å². The number of nitrogens with one attached hydrogen (secondary N) is 1. The lowest BCUT2D eigenvalue weighted by Crippen LogP contribution is -2.54.